The van der Waals surface area contributed by atoms with E-state index in [4.69, 9.17) is 10.5 Å². The van der Waals surface area contributed by atoms with Crippen LogP contribution < -0.4 is 26.4 Å². The first-order valence-corrected chi connectivity index (χ1v) is 26.0. The van der Waals surface area contributed by atoms with E-state index in [0.717, 1.165) is 91.3 Å². The number of allylic oxidation sites excluding steroid dienone is 3. The molecule has 6 N–H and O–H groups in total. The summed E-state index contributed by atoms with van der Waals surface area (Å²) in [6.07, 6.45) is 28.4. The molecule has 3 aliphatic heterocycles. The third-order valence-electron chi connectivity index (χ3n) is 18.1. The lowest BCUT2D eigenvalue weighted by molar-refractivity contribution is -0.126. The van der Waals surface area contributed by atoms with Crippen molar-refractivity contribution in [2.45, 2.75) is 115 Å². The molecule has 8 heteroatoms. The van der Waals surface area contributed by atoms with Crippen LogP contribution >= 0.6 is 0 Å². The number of hydrogen-bond donors (Lipinski definition) is 5. The number of benzene rings is 3. The number of nitrogens with two attached hydrogens (primary N) is 1. The summed E-state index contributed by atoms with van der Waals surface area (Å²) in [5.41, 5.74) is 14.6. The number of methoxy groups -OCH3 is 1. The van der Waals surface area contributed by atoms with Crippen LogP contribution in [-0.4, -0.2) is 55.6 Å². The molecule has 0 aromatic heterocycles. The van der Waals surface area contributed by atoms with Crippen LogP contribution in [0.25, 0.3) is 6.08 Å². The second-order valence-corrected chi connectivity index (χ2v) is 21.8. The highest BCUT2D eigenvalue weighted by Gasteiger charge is 2.59. The molecule has 0 spiro atoms. The summed E-state index contributed by atoms with van der Waals surface area (Å²) in [6.45, 7) is 3.30. The smallest absolute Gasteiger partial charge is 0.163 e. The Morgan fingerprint density at radius 2 is 1.67 bits per heavy atom. The number of fused-ring (bicyclic) bond motifs is 4. The third kappa shape index (κ3) is 10.2. The first-order valence-electron chi connectivity index (χ1n) is 26.0. The van der Waals surface area contributed by atoms with Crippen LogP contribution in [0.2, 0.25) is 0 Å². The minimum atomic E-state index is -0.290. The van der Waals surface area contributed by atoms with Crippen LogP contribution in [0.4, 0.5) is 0 Å². The van der Waals surface area contributed by atoms with E-state index in [-0.39, 0.29) is 29.9 Å². The van der Waals surface area contributed by atoms with Gasteiger partial charge in [0.05, 0.1) is 19.7 Å². The van der Waals surface area contributed by atoms with Gasteiger partial charge in [0.15, 0.2) is 17.3 Å². The molecule has 8 nitrogen and oxygen atoms in total. The Labute approximate surface area is 399 Å². The number of phenols is 1. The number of rotatable bonds is 17. The number of Topliss-reactive ketones (excluding diaryl/α,β-unsaturated/α-hetero) is 1. The SMILES string of the molecule is COc1cc(/C=C/C(=O)CC(=O)C[C@@H]2C[C@@]3(C[C@@H]4[C@H]5CCNC[C@H]5C[C@@H]5C=CCN[C@@H]45)[C@H]4CC[C@@H]2C[C@@H]3CC4)c(CC2=CNC(N)C=C2CCc2cccc(CCc3ccccc3)c2)cc1O. The van der Waals surface area contributed by atoms with E-state index in [1.54, 1.807) is 24.3 Å². The van der Waals surface area contributed by atoms with Gasteiger partial charge >= 0.3 is 0 Å². The van der Waals surface area contributed by atoms with Crippen molar-refractivity contribution in [1.29, 1.82) is 0 Å². The second kappa shape index (κ2) is 20.5. The lowest BCUT2D eigenvalue weighted by Crippen LogP contribution is -2.57. The fourth-order valence-electron chi connectivity index (χ4n) is 14.9. The molecule has 3 aromatic rings. The van der Waals surface area contributed by atoms with Crippen molar-refractivity contribution in [2.24, 2.45) is 58.5 Å². The van der Waals surface area contributed by atoms with Crippen LogP contribution in [0, 0.1) is 52.8 Å². The number of dihydropyridines is 1. The topological polar surface area (TPSA) is 126 Å². The zero-order chi connectivity index (χ0) is 45.9. The van der Waals surface area contributed by atoms with Gasteiger partial charge in [0, 0.05) is 25.2 Å². The predicted molar refractivity (Wildman–Crippen MR) is 268 cm³/mol. The Morgan fingerprint density at radius 1 is 0.881 bits per heavy atom. The van der Waals surface area contributed by atoms with Gasteiger partial charge in [-0.05, 0) is 219 Å². The normalized spacial score (nSPS) is 31.9. The van der Waals surface area contributed by atoms with Crippen LogP contribution in [-0.2, 0) is 35.3 Å². The monoisotopic (exact) mass is 903 g/mol. The average molecular weight is 903 g/mol. The van der Waals surface area contributed by atoms with Gasteiger partial charge in [-0.15, -0.1) is 0 Å². The maximum absolute atomic E-state index is 14.0. The Kier molecular flexibility index (Phi) is 14.0. The molecule has 0 amide bonds. The first kappa shape index (κ1) is 46.0. The number of ether oxygens (including phenoxy) is 1. The van der Waals surface area contributed by atoms with E-state index in [0.29, 0.717) is 53.7 Å². The van der Waals surface area contributed by atoms with Crippen molar-refractivity contribution in [3.05, 3.63) is 136 Å². The molecule has 5 saturated carbocycles. The molecule has 6 fully saturated rings. The van der Waals surface area contributed by atoms with Gasteiger partial charge in [-0.25, -0.2) is 0 Å². The summed E-state index contributed by atoms with van der Waals surface area (Å²) in [5, 5.41) is 22.0. The van der Waals surface area contributed by atoms with Crippen molar-refractivity contribution in [3.63, 3.8) is 0 Å². The average Bonchev–Trinajstić information content (AvgIpc) is 3.51. The summed E-state index contributed by atoms with van der Waals surface area (Å²) < 4.78 is 5.54. The Bertz CT molecular complexity index is 2380. The highest BCUT2D eigenvalue weighted by atomic mass is 16.5. The highest BCUT2D eigenvalue weighted by molar-refractivity contribution is 6.06. The Hall–Kier alpha value is -4.76. The Morgan fingerprint density at radius 3 is 2.52 bits per heavy atom. The number of ketones is 2. The van der Waals surface area contributed by atoms with Gasteiger partial charge in [-0.1, -0.05) is 72.8 Å². The predicted octanol–water partition coefficient (Wildman–Crippen LogP) is 9.60. The summed E-state index contributed by atoms with van der Waals surface area (Å²) in [6, 6.07) is 23.6. The van der Waals surface area contributed by atoms with Gasteiger partial charge in [0.2, 0.25) is 0 Å². The van der Waals surface area contributed by atoms with Crippen molar-refractivity contribution in [3.8, 4) is 11.5 Å². The summed E-state index contributed by atoms with van der Waals surface area (Å²) in [5.74, 6) is 5.71. The van der Waals surface area contributed by atoms with Crippen LogP contribution in [0.1, 0.15) is 105 Å². The highest BCUT2D eigenvalue weighted by Crippen LogP contribution is 2.67. The molecule has 1 saturated heterocycles. The van der Waals surface area contributed by atoms with Crippen LogP contribution in [0.5, 0.6) is 11.5 Å². The fraction of sp³-hybridized carbons (Fsp3) is 0.525. The number of hydrogen-bond acceptors (Lipinski definition) is 8. The number of piperidine rings is 1. The molecule has 354 valence electrons. The quantitative estimate of drug-likeness (QED) is 0.0516. The fourth-order valence-corrected chi connectivity index (χ4v) is 14.9. The molecule has 11 atom stereocenters. The molecular weight excluding hydrogens is 829 g/mol. The van der Waals surface area contributed by atoms with Gasteiger partial charge in [0.1, 0.15) is 5.78 Å². The lowest BCUT2D eigenvalue weighted by atomic mass is 9.52. The lowest BCUT2D eigenvalue weighted by Gasteiger charge is -2.55. The van der Waals surface area contributed by atoms with Gasteiger partial charge in [0.25, 0.3) is 0 Å². The molecular formula is C59H74N4O4. The third-order valence-corrected chi connectivity index (χ3v) is 18.1. The van der Waals surface area contributed by atoms with Crippen molar-refractivity contribution in [1.82, 2.24) is 16.0 Å². The van der Waals surface area contributed by atoms with E-state index >= 15 is 0 Å². The summed E-state index contributed by atoms with van der Waals surface area (Å²) >= 11 is 0. The van der Waals surface area contributed by atoms with E-state index in [9.17, 15) is 14.7 Å². The number of carbonyl (C=O) groups excluding carboxylic acids is 2. The number of aromatic hydroxyl groups is 1. The molecule has 3 aromatic carbocycles. The molecule has 3 heterocycles. The maximum atomic E-state index is 14.0. The molecule has 67 heavy (non-hydrogen) atoms. The molecule has 5 aliphatic carbocycles. The first-order chi connectivity index (χ1) is 32.7. The minimum Gasteiger partial charge on any atom is -0.504 e. The van der Waals surface area contributed by atoms with Gasteiger partial charge < -0.3 is 31.5 Å². The number of aryl methyl sites for hydroxylation is 3. The minimum absolute atomic E-state index is 0.0460. The van der Waals surface area contributed by atoms with Gasteiger partial charge in [-0.3, -0.25) is 9.59 Å². The number of carbonyl (C=O) groups is 2. The van der Waals surface area contributed by atoms with Crippen LogP contribution in [0.15, 0.2) is 108 Å². The molecule has 8 aliphatic rings. The van der Waals surface area contributed by atoms with E-state index < -0.39 is 0 Å². The molecule has 4 bridgehead atoms. The maximum Gasteiger partial charge on any atom is 0.163 e. The number of phenolic OH excluding ortho intramolecular Hbond substituents is 1. The largest absolute Gasteiger partial charge is 0.504 e. The van der Waals surface area contributed by atoms with Crippen LogP contribution in [0.3, 0.4) is 0 Å². The Balaban J connectivity index is 0.793. The zero-order valence-electron chi connectivity index (χ0n) is 39.8. The zero-order valence-corrected chi connectivity index (χ0v) is 39.8. The summed E-state index contributed by atoms with van der Waals surface area (Å²) in [4.78, 5) is 27.7. The van der Waals surface area contributed by atoms with E-state index in [1.807, 2.05) is 6.20 Å². The van der Waals surface area contributed by atoms with Crippen molar-refractivity contribution < 1.29 is 19.4 Å². The number of nitrogens with one attached hydrogen (secondary N) is 3. The standard InChI is InChI=1S/C59H74N4O4/c1-67-56-31-42(45(30-55(56)66)27-47-37-63-57(60)32-43(47)15-14-40-10-5-9-39(25-40)13-12-38-7-3-2-4-8-38)17-21-51(64)33-52(65)29-46-34-59(49-18-16-41(46)28-50(59)20-19-49)35-54-53-22-24-61-36-48(53)26-44-11-6-23-62-58(44)54/h2-11,17,21,25,30-32,37,41,44,46,48-50,53-54,57-58,61-63,66H,12-16,18-20,22-24,26-29,33-36,60H2,1H3/b21-17+/t41-,44+,46-,48-,49+,50+,53+,54-,57?,58-,59-/m1/s1. The van der Waals surface area contributed by atoms with Gasteiger partial charge in [-0.2, -0.15) is 0 Å². The van der Waals surface area contributed by atoms with Crippen molar-refractivity contribution >= 4 is 17.6 Å². The van der Waals surface area contributed by atoms with E-state index in [1.165, 1.54) is 81.6 Å². The molecule has 0 radical (unpaired) electrons. The molecule has 1 unspecified atom stereocenters. The second-order valence-electron chi connectivity index (χ2n) is 21.8. The summed E-state index contributed by atoms with van der Waals surface area (Å²) in [7, 11) is 1.54. The van der Waals surface area contributed by atoms with Crippen molar-refractivity contribution in [2.75, 3.05) is 26.7 Å². The van der Waals surface area contributed by atoms with E-state index in [2.05, 4.69) is 88.8 Å². The molecule has 11 rings (SSSR count).